The lowest BCUT2D eigenvalue weighted by molar-refractivity contribution is -0.134. The predicted octanol–water partition coefficient (Wildman–Crippen LogP) is 9.47. The molecule has 54 heavy (non-hydrogen) atoms. The number of hydrogen-bond acceptors (Lipinski definition) is 6. The van der Waals surface area contributed by atoms with Crippen LogP contribution in [0, 0.1) is 0 Å². The third-order valence-electron chi connectivity index (χ3n) is 7.75. The number of carbonyl (C=O) groups is 3. The molecule has 0 aliphatic heterocycles. The van der Waals surface area contributed by atoms with Crippen LogP contribution in [0.5, 0.6) is 5.75 Å². The van der Waals surface area contributed by atoms with Crippen molar-refractivity contribution in [1.29, 1.82) is 0 Å². The number of ether oxygens (including phenoxy) is 3. The molecule has 0 saturated carbocycles. The van der Waals surface area contributed by atoms with Gasteiger partial charge in [-0.2, -0.15) is 0 Å². The maximum atomic E-state index is 12.7. The van der Waals surface area contributed by atoms with Gasteiger partial charge in [-0.3, -0.25) is 14.4 Å². The third kappa shape index (κ3) is 21.9. The summed E-state index contributed by atoms with van der Waals surface area (Å²) in [5.74, 6) is 0.0478. The Kier molecular flexibility index (Phi) is 24.5. The van der Waals surface area contributed by atoms with E-state index in [9.17, 15) is 14.4 Å². The summed E-state index contributed by atoms with van der Waals surface area (Å²) >= 11 is 5.91. The molecule has 2 aromatic carbocycles. The number of nitrogens with one attached hydrogen (secondary N) is 2. The van der Waals surface area contributed by atoms with Crippen molar-refractivity contribution in [2.45, 2.75) is 77.7 Å². The molecule has 0 heterocycles. The molecule has 9 heteroatoms. The normalized spacial score (nSPS) is 12.3. The zero-order valence-corrected chi connectivity index (χ0v) is 33.0. The smallest absolute Gasteiger partial charge is 0.263 e. The lowest BCUT2D eigenvalue weighted by Gasteiger charge is -2.25. The summed E-state index contributed by atoms with van der Waals surface area (Å²) in [4.78, 5) is 37.4. The van der Waals surface area contributed by atoms with Crippen molar-refractivity contribution in [3.63, 3.8) is 0 Å². The van der Waals surface area contributed by atoms with E-state index in [0.717, 1.165) is 38.5 Å². The monoisotopic (exact) mass is 758 g/mol. The van der Waals surface area contributed by atoms with E-state index < -0.39 is 5.60 Å². The van der Waals surface area contributed by atoms with Crippen LogP contribution in [0.15, 0.2) is 121 Å². The Bertz CT molecular complexity index is 1540. The van der Waals surface area contributed by atoms with Crippen LogP contribution in [-0.4, -0.2) is 62.7 Å². The Balaban J connectivity index is 1.42. The molecule has 2 N–H and O–H groups in total. The maximum Gasteiger partial charge on any atom is 0.263 e. The van der Waals surface area contributed by atoms with Gasteiger partial charge in [-0.05, 0) is 107 Å². The number of rotatable bonds is 28. The van der Waals surface area contributed by atoms with E-state index >= 15 is 0 Å². The van der Waals surface area contributed by atoms with Crippen molar-refractivity contribution in [3.8, 4) is 5.75 Å². The Morgan fingerprint density at radius 2 is 1.06 bits per heavy atom. The summed E-state index contributed by atoms with van der Waals surface area (Å²) in [5, 5.41) is 6.25. The van der Waals surface area contributed by atoms with E-state index in [-0.39, 0.29) is 17.6 Å². The van der Waals surface area contributed by atoms with E-state index in [1.807, 2.05) is 6.08 Å². The number of benzene rings is 2. The van der Waals surface area contributed by atoms with Gasteiger partial charge in [0.2, 0.25) is 5.91 Å². The number of amides is 2. The quantitative estimate of drug-likeness (QED) is 0.0509. The largest absolute Gasteiger partial charge is 0.478 e. The second-order valence-electron chi connectivity index (χ2n) is 12.8. The summed E-state index contributed by atoms with van der Waals surface area (Å²) < 4.78 is 17.0. The molecular weight excluding hydrogens is 700 g/mol. The average molecular weight is 759 g/mol. The number of halogens is 1. The fourth-order valence-electron chi connectivity index (χ4n) is 4.76. The van der Waals surface area contributed by atoms with Crippen molar-refractivity contribution in [2.24, 2.45) is 0 Å². The van der Waals surface area contributed by atoms with Crippen LogP contribution in [0.25, 0.3) is 0 Å². The van der Waals surface area contributed by atoms with Gasteiger partial charge in [0.1, 0.15) is 5.75 Å². The highest BCUT2D eigenvalue weighted by Crippen LogP contribution is 2.21. The van der Waals surface area contributed by atoms with Gasteiger partial charge in [0, 0.05) is 35.7 Å². The van der Waals surface area contributed by atoms with Crippen LogP contribution in [-0.2, 0) is 19.1 Å². The lowest BCUT2D eigenvalue weighted by atomic mass is 10.0. The molecule has 2 rings (SSSR count). The Labute approximate surface area is 328 Å². The lowest BCUT2D eigenvalue weighted by Crippen LogP contribution is -2.47. The minimum absolute atomic E-state index is 0.00158. The van der Waals surface area contributed by atoms with E-state index in [0.29, 0.717) is 74.3 Å². The van der Waals surface area contributed by atoms with Gasteiger partial charge in [-0.1, -0.05) is 91.4 Å². The Morgan fingerprint density at radius 1 is 0.611 bits per heavy atom. The van der Waals surface area contributed by atoms with Crippen molar-refractivity contribution >= 4 is 29.2 Å². The van der Waals surface area contributed by atoms with Crippen LogP contribution in [0.1, 0.15) is 88.1 Å². The molecule has 0 unspecified atom stereocenters. The van der Waals surface area contributed by atoms with Crippen LogP contribution in [0.3, 0.4) is 0 Å². The first kappa shape index (κ1) is 45.7. The minimum Gasteiger partial charge on any atom is -0.478 e. The first-order valence-corrected chi connectivity index (χ1v) is 19.3. The molecule has 0 fully saturated rings. The zero-order valence-electron chi connectivity index (χ0n) is 32.3. The molecule has 0 bridgehead atoms. The van der Waals surface area contributed by atoms with Crippen molar-refractivity contribution in [3.05, 3.63) is 138 Å². The fraction of sp³-hybridized carbons (Fsp3) is 0.400. The molecular formula is C45H59ClN2O6. The molecule has 0 aromatic heterocycles. The van der Waals surface area contributed by atoms with Gasteiger partial charge in [0.15, 0.2) is 11.4 Å². The molecule has 0 radical (unpaired) electrons. The van der Waals surface area contributed by atoms with Gasteiger partial charge in [-0.25, -0.2) is 0 Å². The fourth-order valence-corrected chi connectivity index (χ4v) is 4.89. The zero-order chi connectivity index (χ0) is 39.1. The number of allylic oxidation sites excluding steroid dienone is 12. The minimum atomic E-state index is -1.14. The molecule has 0 aliphatic rings. The summed E-state index contributed by atoms with van der Waals surface area (Å²) in [6.45, 7) is 7.71. The van der Waals surface area contributed by atoms with Crippen molar-refractivity contribution < 1.29 is 28.6 Å². The van der Waals surface area contributed by atoms with E-state index in [1.165, 1.54) is 0 Å². The highest BCUT2D eigenvalue weighted by molar-refractivity contribution is 6.30. The van der Waals surface area contributed by atoms with Gasteiger partial charge in [0.05, 0.1) is 26.4 Å². The maximum absolute atomic E-state index is 12.7. The SMILES string of the molecule is CCC=CCC=CCC=CCC=CCC=CCC=CCCC(=O)NCCOCCOCCNC(=O)C(C)(C)Oc1ccc(C(=O)c2ccc(Cl)cc2)cc1. The molecule has 2 aromatic rings. The van der Waals surface area contributed by atoms with Gasteiger partial charge in [-0.15, -0.1) is 0 Å². The highest BCUT2D eigenvalue weighted by atomic mass is 35.5. The predicted molar refractivity (Wildman–Crippen MR) is 221 cm³/mol. The van der Waals surface area contributed by atoms with Crippen LogP contribution >= 0.6 is 11.6 Å². The highest BCUT2D eigenvalue weighted by Gasteiger charge is 2.29. The molecule has 8 nitrogen and oxygen atoms in total. The summed E-state index contributed by atoms with van der Waals surface area (Å²) in [5.41, 5.74) is -0.0952. The topological polar surface area (TPSA) is 103 Å². The van der Waals surface area contributed by atoms with Crippen molar-refractivity contribution in [2.75, 3.05) is 39.5 Å². The second-order valence-corrected chi connectivity index (χ2v) is 13.2. The number of carbonyl (C=O) groups excluding carboxylic acids is 3. The van der Waals surface area contributed by atoms with Gasteiger partial charge in [0.25, 0.3) is 5.91 Å². The summed E-state index contributed by atoms with van der Waals surface area (Å²) in [6, 6.07) is 13.4. The Hall–Kier alpha value is -4.50. The van der Waals surface area contributed by atoms with E-state index in [4.69, 9.17) is 25.8 Å². The van der Waals surface area contributed by atoms with Crippen LogP contribution in [0.4, 0.5) is 0 Å². The molecule has 0 aliphatic carbocycles. The third-order valence-corrected chi connectivity index (χ3v) is 8.00. The molecule has 0 spiro atoms. The van der Waals surface area contributed by atoms with Crippen LogP contribution < -0.4 is 15.4 Å². The second kappa shape index (κ2) is 28.9. The van der Waals surface area contributed by atoms with Gasteiger partial charge < -0.3 is 24.8 Å². The van der Waals surface area contributed by atoms with E-state index in [1.54, 1.807) is 62.4 Å². The first-order chi connectivity index (χ1) is 26.2. The first-order valence-electron chi connectivity index (χ1n) is 18.9. The standard InChI is InChI=1S/C45H59ClN2O6/c1-4-5-6-7-8-9-10-11-12-13-14-15-16-17-18-19-20-21-22-23-42(49)47-32-34-52-36-37-53-35-33-48-44(51)45(2,3)54-41-30-26-39(27-31-41)43(50)38-24-28-40(46)29-25-38/h5-6,8-9,11-12,14-15,17-18,20-21,24-31H,4,7,10,13,16,19,22-23,32-37H2,1-3H3,(H,47,49)(H,48,51). The van der Waals surface area contributed by atoms with Crippen LogP contribution in [0.2, 0.25) is 5.02 Å². The average Bonchev–Trinajstić information content (AvgIpc) is 3.16. The molecule has 0 saturated heterocycles. The van der Waals surface area contributed by atoms with Gasteiger partial charge >= 0.3 is 0 Å². The molecule has 0 atom stereocenters. The Morgan fingerprint density at radius 3 is 1.56 bits per heavy atom. The number of ketones is 1. The summed E-state index contributed by atoms with van der Waals surface area (Å²) in [7, 11) is 0. The molecule has 292 valence electrons. The summed E-state index contributed by atoms with van der Waals surface area (Å²) in [6.07, 6.45) is 32.9. The van der Waals surface area contributed by atoms with E-state index in [2.05, 4.69) is 84.4 Å². The molecule has 2 amide bonds. The van der Waals surface area contributed by atoms with Crippen molar-refractivity contribution in [1.82, 2.24) is 10.6 Å². The number of hydrogen-bond donors (Lipinski definition) is 2.